The lowest BCUT2D eigenvalue weighted by Gasteiger charge is -2.25. The molecule has 1 aliphatic carbocycles. The summed E-state index contributed by atoms with van der Waals surface area (Å²) in [7, 11) is 0. The Hall–Kier alpha value is -0.910. The maximum Gasteiger partial charge on any atom is 0.317 e. The maximum atomic E-state index is 12.3. The van der Waals surface area contributed by atoms with E-state index < -0.39 is 11.4 Å². The third-order valence-corrected chi connectivity index (χ3v) is 6.52. The van der Waals surface area contributed by atoms with Gasteiger partial charge in [-0.3, -0.25) is 4.79 Å². The standard InChI is InChI=1S/C15H24N2O3S/c18-13(19)15-5-1-2-12(15)9-17(10-15)14(20)16-8-11-3-6-21-7-4-11/h11-12H,1-10H2,(H,16,20)(H,18,19)/t12-,15+/m0/s1. The van der Waals surface area contributed by atoms with Gasteiger partial charge in [-0.1, -0.05) is 6.42 Å². The van der Waals surface area contributed by atoms with Crippen LogP contribution in [-0.4, -0.2) is 53.1 Å². The molecule has 2 atom stereocenters. The van der Waals surface area contributed by atoms with E-state index in [2.05, 4.69) is 5.32 Å². The number of rotatable bonds is 3. The summed E-state index contributed by atoms with van der Waals surface area (Å²) >= 11 is 1.98. The second kappa shape index (κ2) is 6.07. The number of nitrogens with one attached hydrogen (secondary N) is 1. The molecule has 2 aliphatic heterocycles. The molecule has 0 aromatic heterocycles. The molecular formula is C15H24N2O3S. The largest absolute Gasteiger partial charge is 0.481 e. The van der Waals surface area contributed by atoms with Crippen molar-refractivity contribution < 1.29 is 14.7 Å². The van der Waals surface area contributed by atoms with Crippen LogP contribution in [0.15, 0.2) is 0 Å². The quantitative estimate of drug-likeness (QED) is 0.836. The van der Waals surface area contributed by atoms with E-state index in [4.69, 9.17) is 0 Å². The first-order chi connectivity index (χ1) is 10.1. The fraction of sp³-hybridized carbons (Fsp3) is 0.867. The van der Waals surface area contributed by atoms with Gasteiger partial charge in [-0.2, -0.15) is 11.8 Å². The van der Waals surface area contributed by atoms with E-state index >= 15 is 0 Å². The van der Waals surface area contributed by atoms with Gasteiger partial charge < -0.3 is 15.3 Å². The monoisotopic (exact) mass is 312 g/mol. The van der Waals surface area contributed by atoms with Gasteiger partial charge in [0.25, 0.3) is 0 Å². The summed E-state index contributed by atoms with van der Waals surface area (Å²) < 4.78 is 0. The fourth-order valence-corrected chi connectivity index (χ4v) is 5.29. The minimum absolute atomic E-state index is 0.0664. The first-order valence-corrected chi connectivity index (χ1v) is 9.11. The number of amides is 2. The second-order valence-electron chi connectivity index (χ2n) is 6.67. The van der Waals surface area contributed by atoms with Crippen LogP contribution in [0.25, 0.3) is 0 Å². The lowest BCUT2D eigenvalue weighted by molar-refractivity contribution is -0.149. The lowest BCUT2D eigenvalue weighted by atomic mass is 9.81. The van der Waals surface area contributed by atoms with Crippen LogP contribution in [0.2, 0.25) is 0 Å². The van der Waals surface area contributed by atoms with Crippen LogP contribution in [0.3, 0.4) is 0 Å². The molecule has 2 heterocycles. The Kier molecular flexibility index (Phi) is 4.33. The zero-order valence-corrected chi connectivity index (χ0v) is 13.2. The van der Waals surface area contributed by atoms with E-state index in [9.17, 15) is 14.7 Å². The van der Waals surface area contributed by atoms with Crippen molar-refractivity contribution in [3.8, 4) is 0 Å². The summed E-state index contributed by atoms with van der Waals surface area (Å²) in [6.07, 6.45) is 4.98. The first kappa shape index (κ1) is 15.0. The van der Waals surface area contributed by atoms with Crippen molar-refractivity contribution in [1.82, 2.24) is 10.2 Å². The van der Waals surface area contributed by atoms with Gasteiger partial charge in [0.15, 0.2) is 0 Å². The number of likely N-dealkylation sites (tertiary alicyclic amines) is 1. The molecule has 1 saturated carbocycles. The molecule has 2 saturated heterocycles. The number of carbonyl (C=O) groups excluding carboxylic acids is 1. The lowest BCUT2D eigenvalue weighted by Crippen LogP contribution is -2.43. The molecule has 21 heavy (non-hydrogen) atoms. The number of carboxylic acid groups (broad SMARTS) is 1. The molecule has 2 amide bonds. The molecule has 0 bridgehead atoms. The molecule has 0 aromatic rings. The maximum absolute atomic E-state index is 12.3. The number of nitrogens with zero attached hydrogens (tertiary/aromatic N) is 1. The van der Waals surface area contributed by atoms with Gasteiger partial charge in [-0.25, -0.2) is 4.79 Å². The average molecular weight is 312 g/mol. The number of aliphatic carboxylic acids is 1. The molecule has 2 N–H and O–H groups in total. The van der Waals surface area contributed by atoms with Crippen LogP contribution in [0.4, 0.5) is 4.79 Å². The molecule has 6 heteroatoms. The smallest absolute Gasteiger partial charge is 0.317 e. The van der Waals surface area contributed by atoms with E-state index in [0.717, 1.165) is 25.8 Å². The Labute approximate surface area is 129 Å². The van der Waals surface area contributed by atoms with Crippen molar-refractivity contribution >= 4 is 23.8 Å². The minimum Gasteiger partial charge on any atom is -0.481 e. The topological polar surface area (TPSA) is 69.6 Å². The van der Waals surface area contributed by atoms with Gasteiger partial charge >= 0.3 is 12.0 Å². The molecule has 0 spiro atoms. The molecule has 0 radical (unpaired) electrons. The van der Waals surface area contributed by atoms with Crippen LogP contribution < -0.4 is 5.32 Å². The van der Waals surface area contributed by atoms with E-state index in [1.807, 2.05) is 11.8 Å². The highest BCUT2D eigenvalue weighted by Crippen LogP contribution is 2.48. The predicted octanol–water partition coefficient (Wildman–Crippen LogP) is 2.03. The zero-order chi connectivity index (χ0) is 14.9. The summed E-state index contributed by atoms with van der Waals surface area (Å²) in [6.45, 7) is 1.73. The van der Waals surface area contributed by atoms with Crippen molar-refractivity contribution in [1.29, 1.82) is 0 Å². The van der Waals surface area contributed by atoms with Crippen LogP contribution in [-0.2, 0) is 4.79 Å². The van der Waals surface area contributed by atoms with E-state index in [1.165, 1.54) is 24.3 Å². The summed E-state index contributed by atoms with van der Waals surface area (Å²) in [5, 5.41) is 12.6. The normalized spacial score (nSPS) is 33.0. The number of hydrogen-bond acceptors (Lipinski definition) is 3. The van der Waals surface area contributed by atoms with E-state index in [0.29, 0.717) is 19.0 Å². The summed E-state index contributed by atoms with van der Waals surface area (Å²) in [6, 6.07) is -0.0664. The molecule has 3 aliphatic rings. The van der Waals surface area contributed by atoms with E-state index in [-0.39, 0.29) is 11.9 Å². The third-order valence-electron chi connectivity index (χ3n) is 5.47. The molecule has 118 valence electrons. The van der Waals surface area contributed by atoms with Crippen LogP contribution in [0.5, 0.6) is 0 Å². The third kappa shape index (κ3) is 2.87. The Morgan fingerprint density at radius 3 is 2.71 bits per heavy atom. The van der Waals surface area contributed by atoms with Gasteiger partial charge in [0.2, 0.25) is 0 Å². The van der Waals surface area contributed by atoms with Crippen LogP contribution in [0.1, 0.15) is 32.1 Å². The van der Waals surface area contributed by atoms with Crippen molar-refractivity contribution in [2.45, 2.75) is 32.1 Å². The molecule has 0 unspecified atom stereocenters. The number of fused-ring (bicyclic) bond motifs is 1. The second-order valence-corrected chi connectivity index (χ2v) is 7.90. The summed E-state index contributed by atoms with van der Waals surface area (Å²) in [4.78, 5) is 25.6. The average Bonchev–Trinajstić information content (AvgIpc) is 3.03. The summed E-state index contributed by atoms with van der Waals surface area (Å²) in [5.74, 6) is 2.39. The molecule has 5 nitrogen and oxygen atoms in total. The number of hydrogen-bond donors (Lipinski definition) is 2. The van der Waals surface area contributed by atoms with Crippen LogP contribution >= 0.6 is 11.8 Å². The first-order valence-electron chi connectivity index (χ1n) is 7.96. The Bertz CT molecular complexity index is 425. The highest BCUT2D eigenvalue weighted by Gasteiger charge is 2.55. The van der Waals surface area contributed by atoms with Gasteiger partial charge in [0, 0.05) is 19.6 Å². The van der Waals surface area contributed by atoms with Gasteiger partial charge in [0.05, 0.1) is 5.41 Å². The molecule has 0 aromatic carbocycles. The Balaban J connectivity index is 1.53. The highest BCUT2D eigenvalue weighted by molar-refractivity contribution is 7.99. The number of urea groups is 1. The fourth-order valence-electron chi connectivity index (χ4n) is 4.09. The zero-order valence-electron chi connectivity index (χ0n) is 12.3. The van der Waals surface area contributed by atoms with Crippen molar-refractivity contribution in [2.75, 3.05) is 31.1 Å². The SMILES string of the molecule is O=C(NCC1CCSCC1)N1C[C@@H]2CCC[C@@]2(C(=O)O)C1. The Morgan fingerprint density at radius 2 is 2.05 bits per heavy atom. The minimum atomic E-state index is -0.718. The van der Waals surface area contributed by atoms with Crippen molar-refractivity contribution in [3.05, 3.63) is 0 Å². The Morgan fingerprint density at radius 1 is 1.29 bits per heavy atom. The highest BCUT2D eigenvalue weighted by atomic mass is 32.2. The van der Waals surface area contributed by atoms with Gasteiger partial charge in [-0.05, 0) is 49.0 Å². The molecule has 3 rings (SSSR count). The number of thioether (sulfide) groups is 1. The number of carbonyl (C=O) groups is 2. The van der Waals surface area contributed by atoms with Crippen LogP contribution in [0, 0.1) is 17.3 Å². The summed E-state index contributed by atoms with van der Waals surface area (Å²) in [5.41, 5.74) is -0.668. The van der Waals surface area contributed by atoms with Gasteiger partial charge in [-0.15, -0.1) is 0 Å². The predicted molar refractivity (Wildman–Crippen MR) is 82.4 cm³/mol. The van der Waals surface area contributed by atoms with Crippen molar-refractivity contribution in [2.24, 2.45) is 17.3 Å². The number of carboxylic acids is 1. The van der Waals surface area contributed by atoms with E-state index in [1.54, 1.807) is 4.90 Å². The molecular weight excluding hydrogens is 288 g/mol. The molecule has 3 fully saturated rings. The van der Waals surface area contributed by atoms with Gasteiger partial charge in [0.1, 0.15) is 0 Å². The van der Waals surface area contributed by atoms with Crippen molar-refractivity contribution in [3.63, 3.8) is 0 Å².